The van der Waals surface area contributed by atoms with Crippen LogP contribution in [0, 0.1) is 5.82 Å². The number of nitrogens with one attached hydrogen (secondary N) is 1. The van der Waals surface area contributed by atoms with Gasteiger partial charge in [0.25, 0.3) is 0 Å². The van der Waals surface area contributed by atoms with E-state index < -0.39 is 0 Å². The van der Waals surface area contributed by atoms with Gasteiger partial charge >= 0.3 is 0 Å². The fourth-order valence-corrected chi connectivity index (χ4v) is 2.26. The molecule has 0 radical (unpaired) electrons. The smallest absolute Gasteiger partial charge is 0.149 e. The molecule has 0 spiro atoms. The molecular weight excluding hydrogens is 263 g/mol. The van der Waals surface area contributed by atoms with Crippen molar-refractivity contribution < 1.29 is 4.39 Å². The van der Waals surface area contributed by atoms with Gasteiger partial charge in [0.05, 0.1) is 6.20 Å². The van der Waals surface area contributed by atoms with Gasteiger partial charge in [-0.05, 0) is 42.2 Å². The van der Waals surface area contributed by atoms with E-state index in [0.717, 1.165) is 17.7 Å². The van der Waals surface area contributed by atoms with Gasteiger partial charge in [-0.25, -0.2) is 4.39 Å². The molecule has 0 amide bonds. The van der Waals surface area contributed by atoms with E-state index >= 15 is 0 Å². The topological polar surface area (TPSA) is 24.9 Å². The minimum atomic E-state index is -0.322. The van der Waals surface area contributed by atoms with Crippen molar-refractivity contribution in [3.8, 4) is 11.1 Å². The molecule has 1 aromatic heterocycles. The highest BCUT2D eigenvalue weighted by molar-refractivity contribution is 6.30. The fraction of sp³-hybridized carbons (Fsp3) is 0.267. The van der Waals surface area contributed by atoms with Gasteiger partial charge in [0, 0.05) is 29.4 Å². The molecule has 2 nitrogen and oxygen atoms in total. The maximum absolute atomic E-state index is 13.9. The predicted octanol–water partition coefficient (Wildman–Crippen LogP) is 3.79. The van der Waals surface area contributed by atoms with Crippen molar-refractivity contribution >= 4 is 11.6 Å². The van der Waals surface area contributed by atoms with Crippen molar-refractivity contribution in [2.45, 2.75) is 25.4 Å². The molecule has 1 N–H and O–H groups in total. The molecule has 2 aromatic rings. The Balaban J connectivity index is 1.97. The highest BCUT2D eigenvalue weighted by Gasteiger charge is 2.21. The van der Waals surface area contributed by atoms with Crippen LogP contribution in [-0.4, -0.2) is 11.0 Å². The van der Waals surface area contributed by atoms with E-state index in [1.165, 1.54) is 19.0 Å². The number of hydrogen-bond donors (Lipinski definition) is 1. The second-order valence-electron chi connectivity index (χ2n) is 4.81. The van der Waals surface area contributed by atoms with Crippen LogP contribution in [0.15, 0.2) is 36.7 Å². The summed E-state index contributed by atoms with van der Waals surface area (Å²) in [6, 6.07) is 7.90. The molecule has 98 valence electrons. The predicted molar refractivity (Wildman–Crippen MR) is 74.5 cm³/mol. The van der Waals surface area contributed by atoms with Gasteiger partial charge in [0.15, 0.2) is 0 Å². The monoisotopic (exact) mass is 276 g/mol. The van der Waals surface area contributed by atoms with Crippen LogP contribution < -0.4 is 5.32 Å². The van der Waals surface area contributed by atoms with Crippen LogP contribution in [0.1, 0.15) is 18.4 Å². The lowest BCUT2D eigenvalue weighted by Crippen LogP contribution is -2.16. The Morgan fingerprint density at radius 1 is 1.26 bits per heavy atom. The number of hydrogen-bond acceptors (Lipinski definition) is 2. The van der Waals surface area contributed by atoms with E-state index in [4.69, 9.17) is 11.6 Å². The zero-order chi connectivity index (χ0) is 13.2. The SMILES string of the molecule is Fc1cnccc1-c1cc(Cl)ccc1CNC1CC1. The Bertz CT molecular complexity index is 596. The van der Waals surface area contributed by atoms with Gasteiger partial charge in [-0.15, -0.1) is 0 Å². The normalized spacial score (nSPS) is 14.6. The second-order valence-corrected chi connectivity index (χ2v) is 5.25. The fourth-order valence-electron chi connectivity index (χ4n) is 2.09. The highest BCUT2D eigenvalue weighted by Crippen LogP contribution is 2.29. The molecule has 1 saturated carbocycles. The summed E-state index contributed by atoms with van der Waals surface area (Å²) in [5.74, 6) is -0.322. The van der Waals surface area contributed by atoms with Crippen molar-refractivity contribution in [3.63, 3.8) is 0 Å². The number of pyridine rings is 1. The summed E-state index contributed by atoms with van der Waals surface area (Å²) < 4.78 is 13.9. The largest absolute Gasteiger partial charge is 0.310 e. The van der Waals surface area contributed by atoms with Gasteiger partial charge in [-0.1, -0.05) is 17.7 Å². The Morgan fingerprint density at radius 2 is 2.11 bits per heavy atom. The molecular formula is C15H14ClFN2. The molecule has 1 heterocycles. The van der Waals surface area contributed by atoms with Crippen LogP contribution in [-0.2, 0) is 6.54 Å². The lowest BCUT2D eigenvalue weighted by Gasteiger charge is -2.11. The van der Waals surface area contributed by atoms with Crippen molar-refractivity contribution in [2.24, 2.45) is 0 Å². The van der Waals surface area contributed by atoms with Crippen LogP contribution in [0.3, 0.4) is 0 Å². The van der Waals surface area contributed by atoms with Gasteiger partial charge in [0.2, 0.25) is 0 Å². The Morgan fingerprint density at radius 3 is 2.84 bits per heavy atom. The van der Waals surface area contributed by atoms with E-state index in [2.05, 4.69) is 10.3 Å². The highest BCUT2D eigenvalue weighted by atomic mass is 35.5. The van der Waals surface area contributed by atoms with E-state index in [-0.39, 0.29) is 5.82 Å². The van der Waals surface area contributed by atoms with Crippen molar-refractivity contribution in [3.05, 3.63) is 53.1 Å². The number of halogens is 2. The van der Waals surface area contributed by atoms with Gasteiger partial charge in [0.1, 0.15) is 5.82 Å². The van der Waals surface area contributed by atoms with Gasteiger partial charge in [-0.3, -0.25) is 4.98 Å². The maximum atomic E-state index is 13.9. The van der Waals surface area contributed by atoms with E-state index in [1.807, 2.05) is 18.2 Å². The lowest BCUT2D eigenvalue weighted by molar-refractivity contribution is 0.624. The molecule has 0 aliphatic heterocycles. The molecule has 0 atom stereocenters. The van der Waals surface area contributed by atoms with Crippen LogP contribution in [0.2, 0.25) is 5.02 Å². The lowest BCUT2D eigenvalue weighted by atomic mass is 10.00. The number of rotatable bonds is 4. The minimum Gasteiger partial charge on any atom is -0.310 e. The van der Waals surface area contributed by atoms with E-state index in [0.29, 0.717) is 16.6 Å². The van der Waals surface area contributed by atoms with Crippen LogP contribution >= 0.6 is 11.6 Å². The number of benzene rings is 1. The van der Waals surface area contributed by atoms with E-state index in [9.17, 15) is 4.39 Å². The average Bonchev–Trinajstić information content (AvgIpc) is 3.22. The quantitative estimate of drug-likeness (QED) is 0.919. The van der Waals surface area contributed by atoms with Crippen LogP contribution in [0.5, 0.6) is 0 Å². The molecule has 0 unspecified atom stereocenters. The zero-order valence-corrected chi connectivity index (χ0v) is 11.1. The summed E-state index contributed by atoms with van der Waals surface area (Å²) in [6.45, 7) is 0.735. The standard InChI is InChI=1S/C15H14ClFN2/c16-11-2-1-10(8-19-12-3-4-12)14(7-11)13-5-6-18-9-15(13)17/h1-2,5-7,9,12,19H,3-4,8H2. The summed E-state index contributed by atoms with van der Waals surface area (Å²) in [5, 5.41) is 4.05. The van der Waals surface area contributed by atoms with Crippen molar-refractivity contribution in [1.29, 1.82) is 0 Å². The first kappa shape index (κ1) is 12.6. The molecule has 1 fully saturated rings. The second kappa shape index (κ2) is 5.27. The molecule has 0 saturated heterocycles. The molecule has 1 aliphatic carbocycles. The van der Waals surface area contributed by atoms with E-state index in [1.54, 1.807) is 12.3 Å². The molecule has 3 rings (SSSR count). The van der Waals surface area contributed by atoms with Gasteiger partial charge < -0.3 is 5.32 Å². The number of aromatic nitrogens is 1. The zero-order valence-electron chi connectivity index (χ0n) is 10.4. The van der Waals surface area contributed by atoms with Crippen LogP contribution in [0.4, 0.5) is 4.39 Å². The Labute approximate surface area is 116 Å². The summed E-state index contributed by atoms with van der Waals surface area (Å²) in [4.78, 5) is 3.78. The van der Waals surface area contributed by atoms with Gasteiger partial charge in [-0.2, -0.15) is 0 Å². The van der Waals surface area contributed by atoms with Crippen LogP contribution in [0.25, 0.3) is 11.1 Å². The number of nitrogens with zero attached hydrogens (tertiary/aromatic N) is 1. The molecule has 19 heavy (non-hydrogen) atoms. The molecule has 0 bridgehead atoms. The third-order valence-corrected chi connectivity index (χ3v) is 3.53. The average molecular weight is 277 g/mol. The maximum Gasteiger partial charge on any atom is 0.149 e. The first-order valence-corrected chi connectivity index (χ1v) is 6.73. The summed E-state index contributed by atoms with van der Waals surface area (Å²) in [6.07, 6.45) is 5.28. The molecule has 1 aromatic carbocycles. The summed E-state index contributed by atoms with van der Waals surface area (Å²) >= 11 is 6.04. The third-order valence-electron chi connectivity index (χ3n) is 3.29. The van der Waals surface area contributed by atoms with Crippen molar-refractivity contribution in [1.82, 2.24) is 10.3 Å². The summed E-state index contributed by atoms with van der Waals surface area (Å²) in [7, 11) is 0. The first-order chi connectivity index (χ1) is 9.24. The molecule has 4 heteroatoms. The first-order valence-electron chi connectivity index (χ1n) is 6.36. The Kier molecular flexibility index (Phi) is 3.49. The third kappa shape index (κ3) is 2.94. The molecule has 1 aliphatic rings. The van der Waals surface area contributed by atoms with Crippen molar-refractivity contribution in [2.75, 3.05) is 0 Å². The minimum absolute atomic E-state index is 0.322. The Hall–Kier alpha value is -1.45. The summed E-state index contributed by atoms with van der Waals surface area (Å²) in [5.41, 5.74) is 2.44.